The highest BCUT2D eigenvalue weighted by molar-refractivity contribution is 7.12. The van der Waals surface area contributed by atoms with Gasteiger partial charge in [-0.1, -0.05) is 34.6 Å². The van der Waals surface area contributed by atoms with E-state index in [0.29, 0.717) is 6.61 Å². The predicted molar refractivity (Wildman–Crippen MR) is 85.0 cm³/mol. The molecular formula is C16H28N2OS. The Morgan fingerprint density at radius 2 is 2.10 bits per heavy atom. The van der Waals surface area contributed by atoms with Gasteiger partial charge < -0.3 is 10.5 Å². The van der Waals surface area contributed by atoms with Gasteiger partial charge in [-0.3, -0.25) is 0 Å². The van der Waals surface area contributed by atoms with Crippen molar-refractivity contribution in [3.05, 3.63) is 15.6 Å². The van der Waals surface area contributed by atoms with Crippen molar-refractivity contribution in [2.24, 2.45) is 16.6 Å². The maximum absolute atomic E-state index is 6.35. The van der Waals surface area contributed by atoms with Crippen molar-refractivity contribution in [2.45, 2.75) is 66.5 Å². The summed E-state index contributed by atoms with van der Waals surface area (Å²) in [6.45, 7) is 13.9. The lowest BCUT2D eigenvalue weighted by Crippen LogP contribution is -2.28. The van der Waals surface area contributed by atoms with Gasteiger partial charge in [0.1, 0.15) is 11.1 Å². The van der Waals surface area contributed by atoms with E-state index in [4.69, 9.17) is 15.5 Å². The zero-order chi connectivity index (χ0) is 15.1. The highest BCUT2D eigenvalue weighted by Crippen LogP contribution is 2.45. The summed E-state index contributed by atoms with van der Waals surface area (Å²) in [5.74, 6) is 0. The first-order valence-corrected chi connectivity index (χ1v) is 8.32. The zero-order valence-corrected chi connectivity index (χ0v) is 14.4. The first-order chi connectivity index (χ1) is 9.14. The van der Waals surface area contributed by atoms with Crippen molar-refractivity contribution in [3.63, 3.8) is 0 Å². The summed E-state index contributed by atoms with van der Waals surface area (Å²) in [4.78, 5) is 6.17. The van der Waals surface area contributed by atoms with E-state index < -0.39 is 0 Å². The molecule has 1 aliphatic carbocycles. The molecular weight excluding hydrogens is 268 g/mol. The van der Waals surface area contributed by atoms with Crippen molar-refractivity contribution < 1.29 is 4.74 Å². The van der Waals surface area contributed by atoms with Crippen molar-refractivity contribution >= 4 is 11.3 Å². The fraction of sp³-hybridized carbons (Fsp3) is 0.812. The Balaban J connectivity index is 2.36. The SMILES string of the molecule is CCOC(c1nc2c(s1)C(N)CC(C)(C)C2)C(C)(C)C. The molecule has 0 saturated heterocycles. The number of hydrogen-bond acceptors (Lipinski definition) is 4. The number of rotatable bonds is 3. The van der Waals surface area contributed by atoms with Crippen LogP contribution in [0, 0.1) is 10.8 Å². The van der Waals surface area contributed by atoms with E-state index in [2.05, 4.69) is 34.6 Å². The molecule has 114 valence electrons. The van der Waals surface area contributed by atoms with Crippen LogP contribution in [-0.4, -0.2) is 11.6 Å². The van der Waals surface area contributed by atoms with Gasteiger partial charge in [-0.15, -0.1) is 11.3 Å². The van der Waals surface area contributed by atoms with Gasteiger partial charge in [-0.05, 0) is 30.6 Å². The lowest BCUT2D eigenvalue weighted by molar-refractivity contribution is -0.0134. The van der Waals surface area contributed by atoms with E-state index in [1.165, 1.54) is 10.6 Å². The molecule has 1 aromatic rings. The Labute approximate surface area is 126 Å². The summed E-state index contributed by atoms with van der Waals surface area (Å²) in [6, 6.07) is 0.127. The Bertz CT molecular complexity index is 473. The van der Waals surface area contributed by atoms with Crippen LogP contribution in [0.1, 0.15) is 75.7 Å². The van der Waals surface area contributed by atoms with Crippen LogP contribution in [-0.2, 0) is 11.2 Å². The average molecular weight is 296 g/mol. The van der Waals surface area contributed by atoms with Crippen LogP contribution < -0.4 is 5.73 Å². The second-order valence-corrected chi connectivity index (χ2v) is 8.78. The van der Waals surface area contributed by atoms with Gasteiger partial charge in [0.15, 0.2) is 0 Å². The molecule has 4 heteroatoms. The summed E-state index contributed by atoms with van der Waals surface area (Å²) in [5, 5.41) is 1.09. The van der Waals surface area contributed by atoms with E-state index >= 15 is 0 Å². The van der Waals surface area contributed by atoms with Crippen LogP contribution in [0.25, 0.3) is 0 Å². The summed E-state index contributed by atoms with van der Waals surface area (Å²) in [5.41, 5.74) is 7.85. The number of aromatic nitrogens is 1. The molecule has 3 nitrogen and oxygen atoms in total. The van der Waals surface area contributed by atoms with Crippen molar-refractivity contribution in [3.8, 4) is 0 Å². The maximum Gasteiger partial charge on any atom is 0.123 e. The predicted octanol–water partition coefficient (Wildman–Crippen LogP) is 4.24. The Morgan fingerprint density at radius 3 is 2.65 bits per heavy atom. The number of hydrogen-bond donors (Lipinski definition) is 1. The maximum atomic E-state index is 6.35. The molecule has 2 unspecified atom stereocenters. The first-order valence-electron chi connectivity index (χ1n) is 7.51. The zero-order valence-electron chi connectivity index (χ0n) is 13.6. The smallest absolute Gasteiger partial charge is 0.123 e. The molecule has 2 atom stereocenters. The van der Waals surface area contributed by atoms with Gasteiger partial charge in [0, 0.05) is 17.5 Å². The van der Waals surface area contributed by atoms with Gasteiger partial charge >= 0.3 is 0 Å². The lowest BCUT2D eigenvalue weighted by atomic mass is 9.77. The van der Waals surface area contributed by atoms with Crippen molar-refractivity contribution in [2.75, 3.05) is 6.61 Å². The summed E-state index contributed by atoms with van der Waals surface area (Å²) < 4.78 is 5.96. The molecule has 0 radical (unpaired) electrons. The second kappa shape index (κ2) is 5.39. The largest absolute Gasteiger partial charge is 0.371 e. The van der Waals surface area contributed by atoms with Gasteiger partial charge in [0.05, 0.1) is 5.69 Å². The number of ether oxygens (including phenoxy) is 1. The highest BCUT2D eigenvalue weighted by atomic mass is 32.1. The van der Waals surface area contributed by atoms with Crippen LogP contribution in [0.2, 0.25) is 0 Å². The summed E-state index contributed by atoms with van der Waals surface area (Å²) in [6.07, 6.45) is 2.12. The fourth-order valence-electron chi connectivity index (χ4n) is 2.98. The third-order valence-electron chi connectivity index (χ3n) is 3.84. The molecule has 20 heavy (non-hydrogen) atoms. The van der Waals surface area contributed by atoms with Gasteiger partial charge in [-0.2, -0.15) is 0 Å². The molecule has 0 fully saturated rings. The first kappa shape index (κ1) is 15.9. The number of nitrogens with two attached hydrogens (primary N) is 1. The number of nitrogens with zero attached hydrogens (tertiary/aromatic N) is 1. The quantitative estimate of drug-likeness (QED) is 0.907. The minimum absolute atomic E-state index is 0.0517. The normalized spacial score (nSPS) is 23.4. The minimum atomic E-state index is 0.0517. The molecule has 2 N–H and O–H groups in total. The van der Waals surface area contributed by atoms with Crippen molar-refractivity contribution in [1.29, 1.82) is 0 Å². The monoisotopic (exact) mass is 296 g/mol. The molecule has 1 heterocycles. The van der Waals surface area contributed by atoms with E-state index in [9.17, 15) is 0 Å². The molecule has 0 aromatic carbocycles. The number of thiazole rings is 1. The molecule has 0 amide bonds. The van der Waals surface area contributed by atoms with E-state index in [1.54, 1.807) is 11.3 Å². The van der Waals surface area contributed by atoms with Crippen LogP contribution in [0.4, 0.5) is 0 Å². The van der Waals surface area contributed by atoms with Crippen LogP contribution in [0.5, 0.6) is 0 Å². The molecule has 0 aliphatic heterocycles. The number of fused-ring (bicyclic) bond motifs is 1. The third kappa shape index (κ3) is 3.23. The van der Waals surface area contributed by atoms with Gasteiger partial charge in [0.2, 0.25) is 0 Å². The van der Waals surface area contributed by atoms with Crippen molar-refractivity contribution in [1.82, 2.24) is 4.98 Å². The van der Waals surface area contributed by atoms with Gasteiger partial charge in [0.25, 0.3) is 0 Å². The molecule has 0 spiro atoms. The third-order valence-corrected chi connectivity index (χ3v) is 5.12. The van der Waals surface area contributed by atoms with E-state index in [1.807, 2.05) is 6.92 Å². The molecule has 1 aromatic heterocycles. The molecule has 0 saturated carbocycles. The molecule has 2 rings (SSSR count). The topological polar surface area (TPSA) is 48.1 Å². The fourth-order valence-corrected chi connectivity index (χ4v) is 4.36. The Morgan fingerprint density at radius 1 is 1.45 bits per heavy atom. The standard InChI is InChI=1S/C16H28N2OS/c1-7-19-13(15(2,3)4)14-18-11-9-16(5,6)8-10(17)12(11)20-14/h10,13H,7-9,17H2,1-6H3. The molecule has 0 bridgehead atoms. The minimum Gasteiger partial charge on any atom is -0.371 e. The Hall–Kier alpha value is -0.450. The second-order valence-electron chi connectivity index (χ2n) is 7.72. The summed E-state index contributed by atoms with van der Waals surface area (Å²) >= 11 is 1.76. The van der Waals surface area contributed by atoms with E-state index in [-0.39, 0.29) is 23.0 Å². The summed E-state index contributed by atoms with van der Waals surface area (Å²) in [7, 11) is 0. The lowest BCUT2D eigenvalue weighted by Gasteiger charge is -2.32. The van der Waals surface area contributed by atoms with Crippen LogP contribution in [0.3, 0.4) is 0 Å². The van der Waals surface area contributed by atoms with Crippen LogP contribution >= 0.6 is 11.3 Å². The average Bonchev–Trinajstić information content (AvgIpc) is 2.65. The van der Waals surface area contributed by atoms with E-state index in [0.717, 1.165) is 17.8 Å². The van der Waals surface area contributed by atoms with Crippen LogP contribution in [0.15, 0.2) is 0 Å². The van der Waals surface area contributed by atoms with Gasteiger partial charge in [-0.25, -0.2) is 4.98 Å². The Kier molecular flexibility index (Phi) is 4.30. The molecule has 1 aliphatic rings. The highest BCUT2D eigenvalue weighted by Gasteiger charge is 2.36.